The van der Waals surface area contributed by atoms with E-state index < -0.39 is 0 Å². The van der Waals surface area contributed by atoms with Gasteiger partial charge in [0.1, 0.15) is 0 Å². The van der Waals surface area contributed by atoms with Crippen LogP contribution in [0.25, 0.3) is 0 Å². The van der Waals surface area contributed by atoms with Crippen molar-refractivity contribution in [2.24, 2.45) is 0 Å². The third-order valence-corrected chi connectivity index (χ3v) is 2.61. The Hall–Kier alpha value is -1.58. The summed E-state index contributed by atoms with van der Waals surface area (Å²) >= 11 is 0. The van der Waals surface area contributed by atoms with Gasteiger partial charge in [-0.25, -0.2) is 0 Å². The molecule has 0 bridgehead atoms. The molecule has 1 saturated heterocycles. The van der Waals surface area contributed by atoms with E-state index in [0.717, 1.165) is 25.1 Å². The molecule has 1 aromatic rings. The van der Waals surface area contributed by atoms with E-state index in [1.54, 1.807) is 12.3 Å². The number of carbonyl (C=O) groups is 1. The minimum atomic E-state index is 0.227. The number of nitrogens with zero attached hydrogens (tertiary/aromatic N) is 2. The summed E-state index contributed by atoms with van der Waals surface area (Å²) in [5.41, 5.74) is 7.22. The minimum absolute atomic E-state index is 0.227. The van der Waals surface area contributed by atoms with E-state index in [2.05, 4.69) is 4.98 Å². The molecule has 1 fully saturated rings. The van der Waals surface area contributed by atoms with Gasteiger partial charge in [-0.2, -0.15) is 0 Å². The average molecular weight is 205 g/mol. The van der Waals surface area contributed by atoms with E-state index in [1.807, 2.05) is 11.0 Å². The highest BCUT2D eigenvalue weighted by Crippen LogP contribution is 2.14. The smallest absolute Gasteiger partial charge is 0.222 e. The van der Waals surface area contributed by atoms with Crippen molar-refractivity contribution in [1.82, 2.24) is 9.88 Å². The van der Waals surface area contributed by atoms with Crippen LogP contribution in [0.5, 0.6) is 0 Å². The summed E-state index contributed by atoms with van der Waals surface area (Å²) < 4.78 is 0. The van der Waals surface area contributed by atoms with Gasteiger partial charge in [-0.05, 0) is 25.0 Å². The number of nitrogen functional groups attached to an aromatic ring is 1. The third kappa shape index (κ3) is 2.46. The van der Waals surface area contributed by atoms with Gasteiger partial charge in [0.25, 0.3) is 0 Å². The standard InChI is InChI=1S/C11H15N3O/c12-9-4-5-13-10(7-9)8-14-6-2-1-3-11(14)15/h4-5,7H,1-3,6,8H2,(H2,12,13). The summed E-state index contributed by atoms with van der Waals surface area (Å²) in [5.74, 6) is 0.227. The van der Waals surface area contributed by atoms with Gasteiger partial charge in [0.15, 0.2) is 0 Å². The number of pyridine rings is 1. The highest BCUT2D eigenvalue weighted by molar-refractivity contribution is 5.76. The molecule has 4 heteroatoms. The van der Waals surface area contributed by atoms with Crippen LogP contribution < -0.4 is 5.73 Å². The van der Waals surface area contributed by atoms with Gasteiger partial charge in [-0.3, -0.25) is 9.78 Å². The Labute approximate surface area is 89.1 Å². The van der Waals surface area contributed by atoms with E-state index in [-0.39, 0.29) is 5.91 Å². The SMILES string of the molecule is Nc1ccnc(CN2CCCCC2=O)c1. The van der Waals surface area contributed by atoms with E-state index >= 15 is 0 Å². The molecule has 0 atom stereocenters. The van der Waals surface area contributed by atoms with Crippen LogP contribution in [0, 0.1) is 0 Å². The molecule has 1 aromatic heterocycles. The minimum Gasteiger partial charge on any atom is -0.399 e. The molecule has 0 unspecified atom stereocenters. The lowest BCUT2D eigenvalue weighted by Gasteiger charge is -2.26. The van der Waals surface area contributed by atoms with Crippen molar-refractivity contribution < 1.29 is 4.79 Å². The first-order chi connectivity index (χ1) is 7.25. The van der Waals surface area contributed by atoms with Crippen LogP contribution in [0.3, 0.4) is 0 Å². The maximum absolute atomic E-state index is 11.6. The maximum atomic E-state index is 11.6. The summed E-state index contributed by atoms with van der Waals surface area (Å²) in [6, 6.07) is 3.57. The van der Waals surface area contributed by atoms with E-state index in [1.165, 1.54) is 0 Å². The van der Waals surface area contributed by atoms with Crippen molar-refractivity contribution >= 4 is 11.6 Å². The van der Waals surface area contributed by atoms with Crippen LogP contribution in [-0.2, 0) is 11.3 Å². The van der Waals surface area contributed by atoms with Crippen molar-refractivity contribution in [3.63, 3.8) is 0 Å². The molecule has 0 radical (unpaired) electrons. The van der Waals surface area contributed by atoms with Crippen LogP contribution in [0.15, 0.2) is 18.3 Å². The topological polar surface area (TPSA) is 59.2 Å². The molecule has 4 nitrogen and oxygen atoms in total. The Bertz CT molecular complexity index is 365. The van der Waals surface area contributed by atoms with Gasteiger partial charge in [0.2, 0.25) is 5.91 Å². The lowest BCUT2D eigenvalue weighted by Crippen LogP contribution is -2.34. The fraction of sp³-hybridized carbons (Fsp3) is 0.455. The maximum Gasteiger partial charge on any atom is 0.222 e. The molecule has 0 saturated carbocycles. The molecule has 0 spiro atoms. The van der Waals surface area contributed by atoms with Crippen LogP contribution in [-0.4, -0.2) is 22.3 Å². The zero-order chi connectivity index (χ0) is 10.7. The predicted molar refractivity (Wildman–Crippen MR) is 57.9 cm³/mol. The van der Waals surface area contributed by atoms with Gasteiger partial charge in [0, 0.05) is 24.8 Å². The molecular weight excluding hydrogens is 190 g/mol. The van der Waals surface area contributed by atoms with E-state index in [9.17, 15) is 4.79 Å². The van der Waals surface area contributed by atoms with Crippen molar-refractivity contribution in [2.45, 2.75) is 25.8 Å². The fourth-order valence-corrected chi connectivity index (χ4v) is 1.81. The fourth-order valence-electron chi connectivity index (χ4n) is 1.81. The number of nitrogens with two attached hydrogens (primary N) is 1. The number of hydrogen-bond donors (Lipinski definition) is 1. The lowest BCUT2D eigenvalue weighted by atomic mass is 10.1. The van der Waals surface area contributed by atoms with Gasteiger partial charge >= 0.3 is 0 Å². The normalized spacial score (nSPS) is 16.8. The lowest BCUT2D eigenvalue weighted by molar-refractivity contribution is -0.133. The molecule has 2 rings (SSSR count). The van der Waals surface area contributed by atoms with Crippen molar-refractivity contribution in [3.05, 3.63) is 24.0 Å². The molecule has 0 aliphatic carbocycles. The first-order valence-electron chi connectivity index (χ1n) is 5.24. The Balaban J connectivity index is 2.04. The Kier molecular flexibility index (Phi) is 2.85. The van der Waals surface area contributed by atoms with Crippen LogP contribution in [0.1, 0.15) is 25.0 Å². The molecular formula is C11H15N3O. The zero-order valence-corrected chi connectivity index (χ0v) is 8.65. The number of carbonyl (C=O) groups excluding carboxylic acids is 1. The summed E-state index contributed by atoms with van der Waals surface area (Å²) in [5, 5.41) is 0. The molecule has 2 N–H and O–H groups in total. The number of likely N-dealkylation sites (tertiary alicyclic amines) is 1. The molecule has 1 aliphatic heterocycles. The molecule has 2 heterocycles. The summed E-state index contributed by atoms with van der Waals surface area (Å²) in [4.78, 5) is 17.6. The summed E-state index contributed by atoms with van der Waals surface area (Å²) in [7, 11) is 0. The number of anilines is 1. The number of aromatic nitrogens is 1. The summed E-state index contributed by atoms with van der Waals surface area (Å²) in [6.07, 6.45) is 4.45. The van der Waals surface area contributed by atoms with Gasteiger partial charge in [-0.15, -0.1) is 0 Å². The van der Waals surface area contributed by atoms with Gasteiger partial charge < -0.3 is 10.6 Å². The second-order valence-electron chi connectivity index (χ2n) is 3.85. The molecule has 0 aromatic carbocycles. The Morgan fingerprint density at radius 1 is 1.47 bits per heavy atom. The van der Waals surface area contributed by atoms with Crippen molar-refractivity contribution in [2.75, 3.05) is 12.3 Å². The van der Waals surface area contributed by atoms with Crippen molar-refractivity contribution in [1.29, 1.82) is 0 Å². The van der Waals surface area contributed by atoms with Gasteiger partial charge in [-0.1, -0.05) is 0 Å². The third-order valence-electron chi connectivity index (χ3n) is 2.61. The number of hydrogen-bond acceptors (Lipinski definition) is 3. The summed E-state index contributed by atoms with van der Waals surface area (Å²) in [6.45, 7) is 1.43. The average Bonchev–Trinajstić information content (AvgIpc) is 2.22. The highest BCUT2D eigenvalue weighted by Gasteiger charge is 2.18. The second kappa shape index (κ2) is 4.29. The Morgan fingerprint density at radius 3 is 3.07 bits per heavy atom. The largest absolute Gasteiger partial charge is 0.399 e. The second-order valence-corrected chi connectivity index (χ2v) is 3.85. The van der Waals surface area contributed by atoms with Crippen LogP contribution in [0.2, 0.25) is 0 Å². The Morgan fingerprint density at radius 2 is 2.33 bits per heavy atom. The first-order valence-corrected chi connectivity index (χ1v) is 5.24. The monoisotopic (exact) mass is 205 g/mol. The van der Waals surface area contributed by atoms with E-state index in [4.69, 9.17) is 5.73 Å². The number of rotatable bonds is 2. The molecule has 1 amide bonds. The molecule has 80 valence electrons. The molecule has 15 heavy (non-hydrogen) atoms. The van der Waals surface area contributed by atoms with Crippen LogP contribution in [0.4, 0.5) is 5.69 Å². The predicted octanol–water partition coefficient (Wildman–Crippen LogP) is 1.18. The number of piperidine rings is 1. The van der Waals surface area contributed by atoms with E-state index in [0.29, 0.717) is 18.7 Å². The highest BCUT2D eigenvalue weighted by atomic mass is 16.2. The van der Waals surface area contributed by atoms with Gasteiger partial charge in [0.05, 0.1) is 12.2 Å². The first kappa shape index (κ1) is 9.96. The number of amides is 1. The van der Waals surface area contributed by atoms with Crippen LogP contribution >= 0.6 is 0 Å². The van der Waals surface area contributed by atoms with Crippen molar-refractivity contribution in [3.8, 4) is 0 Å². The zero-order valence-electron chi connectivity index (χ0n) is 8.65. The molecule has 1 aliphatic rings. The quantitative estimate of drug-likeness (QED) is 0.788.